The predicted molar refractivity (Wildman–Crippen MR) is 105 cm³/mol. The molecule has 1 aromatic rings. The van der Waals surface area contributed by atoms with Gasteiger partial charge >= 0.3 is 12.0 Å². The Balaban J connectivity index is 1.41. The summed E-state index contributed by atoms with van der Waals surface area (Å²) >= 11 is 0. The van der Waals surface area contributed by atoms with Crippen LogP contribution in [0.15, 0.2) is 24.3 Å². The molecule has 0 aromatic heterocycles. The van der Waals surface area contributed by atoms with Crippen molar-refractivity contribution in [1.29, 1.82) is 0 Å². The number of urea groups is 1. The standard InChI is InChI=1S/C21H28N2O6/c1-14(19(24)23-21(26)22-16-5-2-3-6-16)29-20(25)15-8-10-17(11-9-15)28-13-18-7-4-12-27-18/h8-11,14,16,18H,2-7,12-13H2,1H3,(H2,22,23,24,26)/t14-,18+/m0/s1. The largest absolute Gasteiger partial charge is 0.491 e. The highest BCUT2D eigenvalue weighted by molar-refractivity contribution is 5.98. The van der Waals surface area contributed by atoms with Gasteiger partial charge in [0.15, 0.2) is 6.10 Å². The maximum Gasteiger partial charge on any atom is 0.338 e. The van der Waals surface area contributed by atoms with Gasteiger partial charge in [0.05, 0.1) is 11.7 Å². The highest BCUT2D eigenvalue weighted by Gasteiger charge is 2.23. The van der Waals surface area contributed by atoms with Gasteiger partial charge in [-0.15, -0.1) is 0 Å². The molecule has 0 spiro atoms. The zero-order valence-corrected chi connectivity index (χ0v) is 16.6. The smallest absolute Gasteiger partial charge is 0.338 e. The summed E-state index contributed by atoms with van der Waals surface area (Å²) in [5, 5.41) is 4.97. The number of carbonyl (C=O) groups is 3. The van der Waals surface area contributed by atoms with Crippen molar-refractivity contribution in [3.8, 4) is 5.75 Å². The second-order valence-electron chi connectivity index (χ2n) is 7.46. The minimum atomic E-state index is -1.09. The maximum absolute atomic E-state index is 12.2. The lowest BCUT2D eigenvalue weighted by Gasteiger charge is -2.16. The van der Waals surface area contributed by atoms with Crippen LogP contribution in [0.3, 0.4) is 0 Å². The van der Waals surface area contributed by atoms with Gasteiger partial charge in [-0.25, -0.2) is 9.59 Å². The van der Waals surface area contributed by atoms with Crippen molar-refractivity contribution in [2.75, 3.05) is 13.2 Å². The molecular formula is C21H28N2O6. The summed E-state index contributed by atoms with van der Waals surface area (Å²) in [6.07, 6.45) is 5.04. The summed E-state index contributed by atoms with van der Waals surface area (Å²) in [5.41, 5.74) is 0.296. The van der Waals surface area contributed by atoms with E-state index in [1.165, 1.54) is 6.92 Å². The molecule has 8 heteroatoms. The first-order chi connectivity index (χ1) is 14.0. The number of rotatable bonds is 7. The fourth-order valence-electron chi connectivity index (χ4n) is 3.44. The van der Waals surface area contributed by atoms with E-state index in [1.807, 2.05) is 0 Å². The number of ether oxygens (including phenoxy) is 3. The second kappa shape index (κ2) is 10.2. The number of carbonyl (C=O) groups excluding carboxylic acids is 3. The third kappa shape index (κ3) is 6.45. The lowest BCUT2D eigenvalue weighted by molar-refractivity contribution is -0.127. The Bertz CT molecular complexity index is 708. The Hall–Kier alpha value is -2.61. The van der Waals surface area contributed by atoms with Crippen molar-refractivity contribution in [2.24, 2.45) is 0 Å². The zero-order chi connectivity index (χ0) is 20.6. The molecule has 1 saturated carbocycles. The summed E-state index contributed by atoms with van der Waals surface area (Å²) in [7, 11) is 0. The molecule has 8 nitrogen and oxygen atoms in total. The van der Waals surface area contributed by atoms with E-state index in [0.29, 0.717) is 17.9 Å². The van der Waals surface area contributed by atoms with Crippen molar-refractivity contribution in [3.63, 3.8) is 0 Å². The molecule has 158 valence electrons. The number of hydrogen-bond acceptors (Lipinski definition) is 6. The molecule has 0 bridgehead atoms. The molecule has 0 radical (unpaired) electrons. The third-order valence-corrected chi connectivity index (χ3v) is 5.13. The zero-order valence-electron chi connectivity index (χ0n) is 16.6. The molecule has 1 aromatic carbocycles. The van der Waals surface area contributed by atoms with Gasteiger partial charge in [0.1, 0.15) is 12.4 Å². The fraction of sp³-hybridized carbons (Fsp3) is 0.571. The number of hydrogen-bond donors (Lipinski definition) is 2. The SMILES string of the molecule is C[C@H](OC(=O)c1ccc(OC[C@H]2CCCO2)cc1)C(=O)NC(=O)NC1CCCC1. The van der Waals surface area contributed by atoms with E-state index in [4.69, 9.17) is 14.2 Å². The molecule has 2 aliphatic rings. The number of esters is 1. The number of benzene rings is 1. The summed E-state index contributed by atoms with van der Waals surface area (Å²) in [6, 6.07) is 6.03. The van der Waals surface area contributed by atoms with E-state index in [1.54, 1.807) is 24.3 Å². The molecular weight excluding hydrogens is 376 g/mol. The van der Waals surface area contributed by atoms with Crippen molar-refractivity contribution in [3.05, 3.63) is 29.8 Å². The first kappa shape index (κ1) is 21.1. The van der Waals surface area contributed by atoms with Gasteiger partial charge < -0.3 is 19.5 Å². The summed E-state index contributed by atoms with van der Waals surface area (Å²) in [6.45, 7) is 2.67. The van der Waals surface area contributed by atoms with E-state index >= 15 is 0 Å². The highest BCUT2D eigenvalue weighted by Crippen LogP contribution is 2.18. The molecule has 2 fully saturated rings. The van der Waals surface area contributed by atoms with Crippen LogP contribution in [0.1, 0.15) is 55.8 Å². The molecule has 3 rings (SSSR count). The monoisotopic (exact) mass is 404 g/mol. The Morgan fingerprint density at radius 3 is 2.48 bits per heavy atom. The summed E-state index contributed by atoms with van der Waals surface area (Å²) < 4.78 is 16.3. The van der Waals surface area contributed by atoms with E-state index in [9.17, 15) is 14.4 Å². The predicted octanol–water partition coefficient (Wildman–Crippen LogP) is 2.56. The lowest BCUT2D eigenvalue weighted by atomic mass is 10.2. The number of imide groups is 1. The summed E-state index contributed by atoms with van der Waals surface area (Å²) in [5.74, 6) is -0.675. The molecule has 2 atom stereocenters. The highest BCUT2D eigenvalue weighted by atomic mass is 16.5. The fourth-order valence-corrected chi connectivity index (χ4v) is 3.44. The molecule has 1 heterocycles. The van der Waals surface area contributed by atoms with Crippen LogP contribution in [0.2, 0.25) is 0 Å². The van der Waals surface area contributed by atoms with E-state index in [-0.39, 0.29) is 12.1 Å². The van der Waals surface area contributed by atoms with Crippen LogP contribution >= 0.6 is 0 Å². The Morgan fingerprint density at radius 1 is 1.10 bits per heavy atom. The van der Waals surface area contributed by atoms with E-state index in [2.05, 4.69) is 10.6 Å². The normalized spacial score (nSPS) is 20.1. The topological polar surface area (TPSA) is 103 Å². The molecule has 1 saturated heterocycles. The Kier molecular flexibility index (Phi) is 7.46. The van der Waals surface area contributed by atoms with Crippen molar-refractivity contribution in [2.45, 2.75) is 63.7 Å². The van der Waals surface area contributed by atoms with Crippen LogP contribution in [-0.4, -0.2) is 49.4 Å². The van der Waals surface area contributed by atoms with Crippen LogP contribution in [0, 0.1) is 0 Å². The number of amides is 3. The average molecular weight is 404 g/mol. The van der Waals surface area contributed by atoms with Crippen molar-refractivity contribution >= 4 is 17.9 Å². The molecule has 1 aliphatic heterocycles. The lowest BCUT2D eigenvalue weighted by Crippen LogP contribution is -2.47. The van der Waals surface area contributed by atoms with Gasteiger partial charge in [0, 0.05) is 12.6 Å². The summed E-state index contributed by atoms with van der Waals surface area (Å²) in [4.78, 5) is 36.2. The quantitative estimate of drug-likeness (QED) is 0.677. The Morgan fingerprint density at radius 2 is 1.83 bits per heavy atom. The van der Waals surface area contributed by atoms with Gasteiger partial charge in [-0.05, 0) is 56.9 Å². The molecule has 1 aliphatic carbocycles. The van der Waals surface area contributed by atoms with Gasteiger partial charge in [-0.2, -0.15) is 0 Å². The number of nitrogens with one attached hydrogen (secondary N) is 2. The molecule has 2 N–H and O–H groups in total. The average Bonchev–Trinajstić information content (AvgIpc) is 3.40. The first-order valence-electron chi connectivity index (χ1n) is 10.2. The van der Waals surface area contributed by atoms with Crippen LogP contribution in [0.25, 0.3) is 0 Å². The van der Waals surface area contributed by atoms with E-state index in [0.717, 1.165) is 45.1 Å². The minimum absolute atomic E-state index is 0.0987. The van der Waals surface area contributed by atoms with Crippen LogP contribution in [0.4, 0.5) is 4.79 Å². The van der Waals surface area contributed by atoms with E-state index < -0.39 is 24.0 Å². The van der Waals surface area contributed by atoms with Crippen molar-refractivity contribution < 1.29 is 28.6 Å². The van der Waals surface area contributed by atoms with Gasteiger partial charge in [-0.1, -0.05) is 12.8 Å². The first-order valence-corrected chi connectivity index (χ1v) is 10.2. The Labute approximate surface area is 170 Å². The van der Waals surface area contributed by atoms with Crippen LogP contribution in [0.5, 0.6) is 5.75 Å². The third-order valence-electron chi connectivity index (χ3n) is 5.13. The van der Waals surface area contributed by atoms with Gasteiger partial charge in [0.25, 0.3) is 5.91 Å². The minimum Gasteiger partial charge on any atom is -0.491 e. The van der Waals surface area contributed by atoms with Crippen LogP contribution < -0.4 is 15.4 Å². The molecule has 0 unspecified atom stereocenters. The molecule has 3 amide bonds. The van der Waals surface area contributed by atoms with Crippen LogP contribution in [-0.2, 0) is 14.3 Å². The van der Waals surface area contributed by atoms with Crippen molar-refractivity contribution in [1.82, 2.24) is 10.6 Å². The van der Waals surface area contributed by atoms with Gasteiger partial charge in [-0.3, -0.25) is 10.1 Å². The second-order valence-corrected chi connectivity index (χ2v) is 7.46. The molecule has 29 heavy (non-hydrogen) atoms. The van der Waals surface area contributed by atoms with Gasteiger partial charge in [0.2, 0.25) is 0 Å². The maximum atomic E-state index is 12.2.